The molecule has 1 aromatic heterocycles. The fourth-order valence-corrected chi connectivity index (χ4v) is 3.18. The number of hydrogen-bond acceptors (Lipinski definition) is 6. The van der Waals surface area contributed by atoms with Crippen molar-refractivity contribution in [3.8, 4) is 0 Å². The zero-order valence-corrected chi connectivity index (χ0v) is 18.6. The third kappa shape index (κ3) is 6.38. The first kappa shape index (κ1) is 23.5. The van der Waals surface area contributed by atoms with Crippen molar-refractivity contribution in [2.24, 2.45) is 11.8 Å². The molecule has 1 unspecified atom stereocenters. The minimum atomic E-state index is -0.838. The summed E-state index contributed by atoms with van der Waals surface area (Å²) < 4.78 is 6.24. The summed E-state index contributed by atoms with van der Waals surface area (Å²) in [5, 5.41) is 6.87. The second kappa shape index (κ2) is 10.3. The number of Topliss-reactive ketones (excluding diaryl/α,β-unsaturated/α-hetero) is 1. The van der Waals surface area contributed by atoms with Gasteiger partial charge in [0.15, 0.2) is 0 Å². The lowest BCUT2D eigenvalue weighted by Gasteiger charge is -2.20. The number of nitrogens with zero attached hydrogens (tertiary/aromatic N) is 3. The van der Waals surface area contributed by atoms with E-state index in [0.717, 1.165) is 10.2 Å². The van der Waals surface area contributed by atoms with Crippen LogP contribution in [0.3, 0.4) is 0 Å². The molecule has 0 saturated heterocycles. The van der Waals surface area contributed by atoms with Crippen molar-refractivity contribution < 1.29 is 14.0 Å². The number of rotatable bonds is 10. The average Bonchev–Trinajstić information content (AvgIpc) is 3.00. The molecule has 0 aliphatic rings. The zero-order chi connectivity index (χ0) is 22.4. The van der Waals surface area contributed by atoms with Crippen LogP contribution in [0.25, 0.3) is 0 Å². The first-order valence-corrected chi connectivity index (χ1v) is 10.2. The van der Waals surface area contributed by atoms with E-state index in [0.29, 0.717) is 25.1 Å². The summed E-state index contributed by atoms with van der Waals surface area (Å²) in [5.41, 5.74) is 1.38. The zero-order valence-electron chi connectivity index (χ0n) is 18.6. The van der Waals surface area contributed by atoms with Crippen LogP contribution in [0.4, 0.5) is 0 Å². The van der Waals surface area contributed by atoms with Gasteiger partial charge in [-0.05, 0) is 44.0 Å². The van der Waals surface area contributed by atoms with Gasteiger partial charge in [-0.2, -0.15) is 4.68 Å². The molecule has 0 spiro atoms. The Morgan fingerprint density at radius 3 is 2.40 bits per heavy atom. The van der Waals surface area contributed by atoms with Crippen LogP contribution < -0.4 is 11.1 Å². The van der Waals surface area contributed by atoms with Gasteiger partial charge in [0.1, 0.15) is 0 Å². The summed E-state index contributed by atoms with van der Waals surface area (Å²) in [4.78, 5) is 40.0. The Hall–Kier alpha value is -2.74. The highest BCUT2D eigenvalue weighted by atomic mass is 16.4. The number of nitrogens with one attached hydrogen (secondary N) is 1. The van der Waals surface area contributed by atoms with Crippen LogP contribution in [0.5, 0.6) is 0 Å². The molecule has 30 heavy (non-hydrogen) atoms. The van der Waals surface area contributed by atoms with Gasteiger partial charge in [0.05, 0.1) is 12.6 Å². The van der Waals surface area contributed by atoms with Gasteiger partial charge in [0, 0.05) is 12.1 Å². The highest BCUT2D eigenvalue weighted by molar-refractivity contribution is 6.02. The summed E-state index contributed by atoms with van der Waals surface area (Å²) >= 11 is 0. The van der Waals surface area contributed by atoms with E-state index in [1.54, 1.807) is 12.1 Å². The first-order chi connectivity index (χ1) is 14.1. The Balaban J connectivity index is 2.27. The maximum Gasteiger partial charge on any atom is 0.437 e. The molecule has 2 aromatic rings. The second-order valence-electron chi connectivity index (χ2n) is 8.66. The van der Waals surface area contributed by atoms with Gasteiger partial charge in [0.25, 0.3) is 11.8 Å². The summed E-state index contributed by atoms with van der Waals surface area (Å²) in [6.07, 6.45) is 0.404. The highest BCUT2D eigenvalue weighted by Gasteiger charge is 2.29. The average molecular weight is 417 g/mol. The minimum absolute atomic E-state index is 0.140. The van der Waals surface area contributed by atoms with Crippen LogP contribution in [-0.4, -0.2) is 46.5 Å². The summed E-state index contributed by atoms with van der Waals surface area (Å²) in [5.74, 6) is -1.46. The van der Waals surface area contributed by atoms with Crippen LogP contribution in [-0.2, 0) is 13.1 Å². The van der Waals surface area contributed by atoms with Crippen molar-refractivity contribution in [2.75, 3.05) is 14.1 Å². The quantitative estimate of drug-likeness (QED) is 0.598. The van der Waals surface area contributed by atoms with Crippen LogP contribution in [0, 0.1) is 11.8 Å². The molecule has 1 N–H and O–H groups in total. The number of ketones is 1. The van der Waals surface area contributed by atoms with Gasteiger partial charge in [-0.25, -0.2) is 4.79 Å². The van der Waals surface area contributed by atoms with Crippen molar-refractivity contribution >= 4 is 11.7 Å². The van der Waals surface area contributed by atoms with Crippen molar-refractivity contribution in [3.05, 3.63) is 51.8 Å². The fourth-order valence-electron chi connectivity index (χ4n) is 3.18. The van der Waals surface area contributed by atoms with E-state index in [4.69, 9.17) is 4.42 Å². The molecule has 164 valence electrons. The number of aromatic nitrogens is 2. The van der Waals surface area contributed by atoms with Gasteiger partial charge in [-0.15, -0.1) is 5.10 Å². The lowest BCUT2D eigenvalue weighted by Crippen LogP contribution is -2.42. The predicted molar refractivity (Wildman–Crippen MR) is 114 cm³/mol. The fraction of sp³-hybridized carbons (Fsp3) is 0.545. The third-order valence-electron chi connectivity index (χ3n) is 4.43. The number of benzene rings is 1. The van der Waals surface area contributed by atoms with Gasteiger partial charge in [-0.3, -0.25) is 9.59 Å². The highest BCUT2D eigenvalue weighted by Crippen LogP contribution is 2.14. The lowest BCUT2D eigenvalue weighted by molar-refractivity contribution is 0.0823. The Morgan fingerprint density at radius 1 is 1.13 bits per heavy atom. The van der Waals surface area contributed by atoms with Crippen LogP contribution in [0.15, 0.2) is 33.5 Å². The lowest BCUT2D eigenvalue weighted by atomic mass is 9.99. The molecule has 0 saturated carbocycles. The molecular weight excluding hydrogens is 384 g/mol. The normalized spacial score (nSPS) is 12.6. The largest absolute Gasteiger partial charge is 0.437 e. The summed E-state index contributed by atoms with van der Waals surface area (Å²) in [6, 6.07) is 6.46. The summed E-state index contributed by atoms with van der Waals surface area (Å²) in [7, 11) is 3.85. The number of carbonyl (C=O) groups is 2. The van der Waals surface area contributed by atoms with Crippen LogP contribution in [0.1, 0.15) is 60.7 Å². The van der Waals surface area contributed by atoms with E-state index >= 15 is 0 Å². The standard InChI is InChI=1S/C22H32N4O4/c1-14(2)11-18(19(27)21-24-26(12-15(3)4)22(29)30-21)23-20(28)17-10-8-7-9-16(17)13-25(5)6/h7-10,14-15,18H,11-13H2,1-6H3,(H,23,28). The number of carbonyl (C=O) groups excluding carboxylic acids is 2. The molecule has 0 radical (unpaired) electrons. The minimum Gasteiger partial charge on any atom is -0.384 e. The molecular formula is C22H32N4O4. The molecule has 0 fully saturated rings. The van der Waals surface area contributed by atoms with Gasteiger partial charge in [-0.1, -0.05) is 45.9 Å². The van der Waals surface area contributed by atoms with E-state index in [1.165, 1.54) is 0 Å². The Kier molecular flexibility index (Phi) is 8.11. The molecule has 1 atom stereocenters. The Bertz CT molecular complexity index is 927. The van der Waals surface area contributed by atoms with Crippen molar-refractivity contribution in [1.29, 1.82) is 0 Å². The molecule has 0 bridgehead atoms. The topological polar surface area (TPSA) is 97.4 Å². The predicted octanol–water partition coefficient (Wildman–Crippen LogP) is 2.58. The molecule has 0 aliphatic heterocycles. The maximum atomic E-state index is 13.0. The van der Waals surface area contributed by atoms with Crippen molar-refractivity contribution in [1.82, 2.24) is 20.0 Å². The Labute approximate surface area is 177 Å². The van der Waals surface area contributed by atoms with Crippen molar-refractivity contribution in [3.63, 3.8) is 0 Å². The van der Waals surface area contributed by atoms with E-state index in [9.17, 15) is 14.4 Å². The Morgan fingerprint density at radius 2 is 1.80 bits per heavy atom. The molecule has 8 nitrogen and oxygen atoms in total. The van der Waals surface area contributed by atoms with Crippen LogP contribution in [0.2, 0.25) is 0 Å². The SMILES string of the molecule is CC(C)CC(NC(=O)c1ccccc1CN(C)C)C(=O)c1nn(CC(C)C)c(=O)o1. The van der Waals surface area contributed by atoms with E-state index in [2.05, 4.69) is 10.4 Å². The molecule has 0 aliphatic carbocycles. The molecule has 1 aromatic carbocycles. The smallest absolute Gasteiger partial charge is 0.384 e. The summed E-state index contributed by atoms with van der Waals surface area (Å²) in [6.45, 7) is 8.75. The van der Waals surface area contributed by atoms with Crippen LogP contribution >= 0.6 is 0 Å². The van der Waals surface area contributed by atoms with Gasteiger partial charge in [0.2, 0.25) is 5.78 Å². The molecule has 1 heterocycles. The van der Waals surface area contributed by atoms with Crippen molar-refractivity contribution in [2.45, 2.75) is 53.2 Å². The van der Waals surface area contributed by atoms with E-state index in [1.807, 2.05) is 58.8 Å². The number of amides is 1. The van der Waals surface area contributed by atoms with Gasteiger partial charge >= 0.3 is 5.76 Å². The molecule has 1 amide bonds. The number of hydrogen-bond donors (Lipinski definition) is 1. The molecule has 8 heteroatoms. The van der Waals surface area contributed by atoms with Gasteiger partial charge < -0.3 is 14.6 Å². The van der Waals surface area contributed by atoms with E-state index in [-0.39, 0.29) is 23.6 Å². The third-order valence-corrected chi connectivity index (χ3v) is 4.43. The first-order valence-electron chi connectivity index (χ1n) is 10.2. The second-order valence-corrected chi connectivity index (χ2v) is 8.66. The maximum absolute atomic E-state index is 13.0. The molecule has 2 rings (SSSR count). The monoisotopic (exact) mass is 416 g/mol. The van der Waals surface area contributed by atoms with E-state index < -0.39 is 17.6 Å².